The molecule has 0 bridgehead atoms. The molecule has 0 unspecified atom stereocenters. The molecule has 4 rings (SSSR count). The highest BCUT2D eigenvalue weighted by molar-refractivity contribution is 6.31. The fraction of sp³-hybridized carbons (Fsp3) is 0.480. The predicted molar refractivity (Wildman–Crippen MR) is 119 cm³/mol. The molecule has 1 amide bonds. The molecule has 1 aliphatic heterocycles. The third-order valence-electron chi connectivity index (χ3n) is 6.46. The average Bonchev–Trinajstić information content (AvgIpc) is 2.75. The summed E-state index contributed by atoms with van der Waals surface area (Å²) in [6.45, 7) is 4.74. The number of hydrogen-bond acceptors (Lipinski definition) is 2. The van der Waals surface area contributed by atoms with Gasteiger partial charge in [-0.05, 0) is 80.3 Å². The van der Waals surface area contributed by atoms with Crippen LogP contribution in [0.1, 0.15) is 60.9 Å². The van der Waals surface area contributed by atoms with Crippen LogP contribution in [-0.4, -0.2) is 23.9 Å². The minimum absolute atomic E-state index is 0.0475. The Labute approximate surface area is 179 Å². The Morgan fingerprint density at radius 3 is 2.76 bits per heavy atom. The summed E-state index contributed by atoms with van der Waals surface area (Å²) >= 11 is 6.32. The minimum Gasteiger partial charge on any atom is -0.349 e. The van der Waals surface area contributed by atoms with Gasteiger partial charge in [-0.15, -0.1) is 0 Å². The molecule has 2 atom stereocenters. The lowest BCUT2D eigenvalue weighted by Crippen LogP contribution is -2.43. The number of likely N-dealkylation sites (tertiary alicyclic amines) is 1. The molecule has 0 spiro atoms. The van der Waals surface area contributed by atoms with Crippen molar-refractivity contribution in [1.82, 2.24) is 10.2 Å². The number of hydrogen-bond donors (Lipinski definition) is 1. The lowest BCUT2D eigenvalue weighted by Gasteiger charge is -2.33. The number of fused-ring (bicyclic) bond motifs is 1. The number of halogens is 1. The molecule has 1 fully saturated rings. The van der Waals surface area contributed by atoms with E-state index in [-0.39, 0.29) is 17.9 Å². The largest absolute Gasteiger partial charge is 0.349 e. The van der Waals surface area contributed by atoms with E-state index in [1.54, 1.807) is 0 Å². The van der Waals surface area contributed by atoms with Gasteiger partial charge in [0.2, 0.25) is 5.91 Å². The van der Waals surface area contributed by atoms with Gasteiger partial charge in [-0.25, -0.2) is 0 Å². The first kappa shape index (κ1) is 20.4. The topological polar surface area (TPSA) is 32.3 Å². The van der Waals surface area contributed by atoms with Crippen molar-refractivity contribution in [1.29, 1.82) is 0 Å². The Morgan fingerprint density at radius 2 is 1.93 bits per heavy atom. The molecule has 1 saturated heterocycles. The van der Waals surface area contributed by atoms with E-state index >= 15 is 0 Å². The molecule has 2 aromatic carbocycles. The fourth-order valence-corrected chi connectivity index (χ4v) is 4.91. The zero-order valence-corrected chi connectivity index (χ0v) is 18.0. The Balaban J connectivity index is 1.36. The smallest absolute Gasteiger partial charge is 0.224 e. The van der Waals surface area contributed by atoms with E-state index < -0.39 is 0 Å². The second kappa shape index (κ2) is 9.32. The first-order valence-corrected chi connectivity index (χ1v) is 11.4. The van der Waals surface area contributed by atoms with Crippen molar-refractivity contribution in [2.24, 2.45) is 5.92 Å². The third-order valence-corrected chi connectivity index (χ3v) is 6.83. The van der Waals surface area contributed by atoms with Gasteiger partial charge < -0.3 is 5.32 Å². The Hall–Kier alpha value is -1.84. The normalized spacial score (nSPS) is 20.7. The Kier molecular flexibility index (Phi) is 6.56. The van der Waals surface area contributed by atoms with Crippen LogP contribution in [0.15, 0.2) is 42.5 Å². The maximum Gasteiger partial charge on any atom is 0.224 e. The van der Waals surface area contributed by atoms with Crippen molar-refractivity contribution in [3.63, 3.8) is 0 Å². The van der Waals surface area contributed by atoms with Gasteiger partial charge in [0.05, 0.1) is 12.0 Å². The average molecular weight is 411 g/mol. The number of rotatable bonds is 5. The van der Waals surface area contributed by atoms with Crippen molar-refractivity contribution < 1.29 is 4.79 Å². The number of benzene rings is 2. The number of nitrogens with one attached hydrogen (secondary N) is 1. The number of carbonyl (C=O) groups excluding carboxylic acids is 1. The van der Waals surface area contributed by atoms with Gasteiger partial charge in [0.15, 0.2) is 0 Å². The van der Waals surface area contributed by atoms with E-state index in [4.69, 9.17) is 11.6 Å². The van der Waals surface area contributed by atoms with Crippen LogP contribution in [0, 0.1) is 5.92 Å². The first-order valence-electron chi connectivity index (χ1n) is 11.0. The van der Waals surface area contributed by atoms with Crippen molar-refractivity contribution in [2.45, 2.75) is 58.0 Å². The number of nitrogens with zero attached hydrogens (tertiary/aromatic N) is 1. The second-order valence-electron chi connectivity index (χ2n) is 8.63. The summed E-state index contributed by atoms with van der Waals surface area (Å²) < 4.78 is 0. The maximum atomic E-state index is 13.0. The summed E-state index contributed by atoms with van der Waals surface area (Å²) in [6, 6.07) is 14.8. The Bertz CT molecular complexity index is 866. The number of amides is 1. The summed E-state index contributed by atoms with van der Waals surface area (Å²) in [4.78, 5) is 15.3. The highest BCUT2D eigenvalue weighted by Gasteiger charge is 2.27. The molecule has 0 radical (unpaired) electrons. The zero-order chi connectivity index (χ0) is 20.2. The van der Waals surface area contributed by atoms with Crippen LogP contribution in [0.2, 0.25) is 5.02 Å². The van der Waals surface area contributed by atoms with E-state index in [9.17, 15) is 4.79 Å². The third kappa shape index (κ3) is 5.02. The maximum absolute atomic E-state index is 13.0. The zero-order valence-electron chi connectivity index (χ0n) is 17.3. The van der Waals surface area contributed by atoms with Crippen molar-refractivity contribution in [2.75, 3.05) is 13.1 Å². The summed E-state index contributed by atoms with van der Waals surface area (Å²) in [5.74, 6) is 0.227. The van der Waals surface area contributed by atoms with Gasteiger partial charge in [-0.2, -0.15) is 0 Å². The molecular formula is C25H31ClN2O. The SMILES string of the molecule is C[C@@H](NC(=O)[C@H]1CCCN(Cc2ccccc2Cl)C1)c1ccc2c(c1)CCCC2. The van der Waals surface area contributed by atoms with E-state index in [2.05, 4.69) is 41.4 Å². The van der Waals surface area contributed by atoms with Gasteiger partial charge in [-0.3, -0.25) is 9.69 Å². The molecular weight excluding hydrogens is 380 g/mol. The lowest BCUT2D eigenvalue weighted by atomic mass is 9.89. The standard InChI is InChI=1S/C25H31ClN2O/c1-18(20-13-12-19-7-2-3-8-21(19)15-20)27-25(29)23-10-6-14-28(17-23)16-22-9-4-5-11-24(22)26/h4-5,9,11-13,15,18,23H,2-3,6-8,10,14,16-17H2,1H3,(H,27,29)/t18-,23+/m1/s1. The van der Waals surface area contributed by atoms with Crippen LogP contribution in [0.4, 0.5) is 0 Å². The number of aryl methyl sites for hydroxylation is 2. The monoisotopic (exact) mass is 410 g/mol. The first-order chi connectivity index (χ1) is 14.1. The summed E-state index contributed by atoms with van der Waals surface area (Å²) in [5.41, 5.74) is 5.32. The van der Waals surface area contributed by atoms with Crippen LogP contribution in [-0.2, 0) is 24.2 Å². The van der Waals surface area contributed by atoms with E-state index in [1.165, 1.54) is 42.4 Å². The molecule has 2 aliphatic rings. The summed E-state index contributed by atoms with van der Waals surface area (Å²) in [6.07, 6.45) is 6.95. The van der Waals surface area contributed by atoms with Crippen molar-refractivity contribution >= 4 is 17.5 Å². The van der Waals surface area contributed by atoms with E-state index in [0.29, 0.717) is 0 Å². The summed E-state index contributed by atoms with van der Waals surface area (Å²) in [5, 5.41) is 4.08. The van der Waals surface area contributed by atoms with Crippen LogP contribution >= 0.6 is 11.6 Å². The Morgan fingerprint density at radius 1 is 1.14 bits per heavy atom. The molecule has 0 saturated carbocycles. The van der Waals surface area contributed by atoms with E-state index in [0.717, 1.165) is 43.1 Å². The molecule has 4 heteroatoms. The van der Waals surface area contributed by atoms with Gasteiger partial charge in [0, 0.05) is 18.1 Å². The highest BCUT2D eigenvalue weighted by atomic mass is 35.5. The molecule has 2 aromatic rings. The second-order valence-corrected chi connectivity index (χ2v) is 9.04. The molecule has 3 nitrogen and oxygen atoms in total. The van der Waals surface area contributed by atoms with Crippen molar-refractivity contribution in [3.05, 3.63) is 69.7 Å². The molecule has 1 N–H and O–H groups in total. The van der Waals surface area contributed by atoms with Gasteiger partial charge in [-0.1, -0.05) is 48.0 Å². The van der Waals surface area contributed by atoms with E-state index in [1.807, 2.05) is 18.2 Å². The fourth-order valence-electron chi connectivity index (χ4n) is 4.72. The molecule has 154 valence electrons. The minimum atomic E-state index is 0.0475. The molecule has 29 heavy (non-hydrogen) atoms. The van der Waals surface area contributed by atoms with Gasteiger partial charge in [0.1, 0.15) is 0 Å². The lowest BCUT2D eigenvalue weighted by molar-refractivity contribution is -0.127. The number of piperidine rings is 1. The van der Waals surface area contributed by atoms with Gasteiger partial charge in [0.25, 0.3) is 0 Å². The number of carbonyl (C=O) groups is 1. The molecule has 1 aliphatic carbocycles. The van der Waals surface area contributed by atoms with Crippen LogP contribution < -0.4 is 5.32 Å². The van der Waals surface area contributed by atoms with Crippen molar-refractivity contribution in [3.8, 4) is 0 Å². The quantitative estimate of drug-likeness (QED) is 0.724. The van der Waals surface area contributed by atoms with Crippen LogP contribution in [0.25, 0.3) is 0 Å². The molecule has 1 heterocycles. The predicted octanol–water partition coefficient (Wildman–Crippen LogP) is 5.31. The van der Waals surface area contributed by atoms with Crippen LogP contribution in [0.3, 0.4) is 0 Å². The van der Waals surface area contributed by atoms with Crippen LogP contribution in [0.5, 0.6) is 0 Å². The summed E-state index contributed by atoms with van der Waals surface area (Å²) in [7, 11) is 0. The highest BCUT2D eigenvalue weighted by Crippen LogP contribution is 2.26. The van der Waals surface area contributed by atoms with Gasteiger partial charge >= 0.3 is 0 Å². The molecule has 0 aromatic heterocycles.